The highest BCUT2D eigenvalue weighted by Gasteiger charge is 2.31. The van der Waals surface area contributed by atoms with Gasteiger partial charge in [-0.1, -0.05) is 0 Å². The molecule has 0 bridgehead atoms. The van der Waals surface area contributed by atoms with Crippen LogP contribution < -0.4 is 15.2 Å². The van der Waals surface area contributed by atoms with E-state index in [1.807, 2.05) is 6.92 Å². The van der Waals surface area contributed by atoms with Gasteiger partial charge in [0, 0.05) is 12.6 Å². The average molecular weight is 284 g/mol. The van der Waals surface area contributed by atoms with E-state index < -0.39 is 10.0 Å². The number of hydrogen-bond acceptors (Lipinski definition) is 4. The molecule has 0 amide bonds. The first kappa shape index (κ1) is 14.3. The molecular weight excluding hydrogens is 264 g/mol. The molecule has 0 heterocycles. The fraction of sp³-hybridized carbons (Fsp3) is 0.538. The van der Waals surface area contributed by atoms with Crippen LogP contribution in [0.3, 0.4) is 0 Å². The minimum Gasteiger partial charge on any atom is -0.492 e. The van der Waals surface area contributed by atoms with E-state index in [-0.39, 0.29) is 10.9 Å². The Morgan fingerprint density at radius 2 is 2.00 bits per heavy atom. The van der Waals surface area contributed by atoms with Crippen molar-refractivity contribution in [3.8, 4) is 5.75 Å². The fourth-order valence-corrected chi connectivity index (χ4v) is 3.21. The Morgan fingerprint density at radius 1 is 1.37 bits per heavy atom. The van der Waals surface area contributed by atoms with Crippen molar-refractivity contribution in [2.75, 3.05) is 13.2 Å². The van der Waals surface area contributed by atoms with Crippen LogP contribution in [0.1, 0.15) is 19.8 Å². The highest BCUT2D eigenvalue weighted by Crippen LogP contribution is 2.33. The molecule has 0 aliphatic heterocycles. The molecule has 6 heteroatoms. The second-order valence-electron chi connectivity index (χ2n) is 4.86. The van der Waals surface area contributed by atoms with Crippen molar-refractivity contribution >= 4 is 10.0 Å². The summed E-state index contributed by atoms with van der Waals surface area (Å²) in [5, 5.41) is 0. The van der Waals surface area contributed by atoms with E-state index in [0.29, 0.717) is 24.8 Å². The number of ether oxygens (including phenoxy) is 1. The summed E-state index contributed by atoms with van der Waals surface area (Å²) in [5.74, 6) is 1.11. The molecule has 1 aliphatic carbocycles. The molecule has 106 valence electrons. The van der Waals surface area contributed by atoms with E-state index in [2.05, 4.69) is 4.72 Å². The molecule has 1 saturated carbocycles. The van der Waals surface area contributed by atoms with Gasteiger partial charge in [-0.25, -0.2) is 13.1 Å². The Morgan fingerprint density at radius 3 is 2.53 bits per heavy atom. The zero-order valence-electron chi connectivity index (χ0n) is 11.0. The van der Waals surface area contributed by atoms with Gasteiger partial charge in [-0.3, -0.25) is 0 Å². The number of nitrogens with one attached hydrogen (secondary N) is 1. The Bertz CT molecular complexity index is 509. The summed E-state index contributed by atoms with van der Waals surface area (Å²) in [6, 6.07) is 6.39. The van der Waals surface area contributed by atoms with Crippen LogP contribution in [0.15, 0.2) is 29.2 Å². The summed E-state index contributed by atoms with van der Waals surface area (Å²) in [5.41, 5.74) is 5.33. The number of sulfonamides is 1. The van der Waals surface area contributed by atoms with Gasteiger partial charge in [0.1, 0.15) is 12.4 Å². The molecule has 1 atom stereocenters. The van der Waals surface area contributed by atoms with Gasteiger partial charge in [0.25, 0.3) is 0 Å². The fourth-order valence-electron chi connectivity index (χ4n) is 1.90. The maximum absolute atomic E-state index is 12.1. The molecule has 0 spiro atoms. The standard InChI is InChI=1S/C13H20N2O3S/c1-10(11-2-3-11)15-19(16,17)13-6-4-12(5-7-13)18-9-8-14/h4-7,10-11,15H,2-3,8-9,14H2,1H3. The predicted octanol–water partition coefficient (Wildman–Crippen LogP) is 1.10. The predicted molar refractivity (Wildman–Crippen MR) is 73.5 cm³/mol. The highest BCUT2D eigenvalue weighted by atomic mass is 32.2. The highest BCUT2D eigenvalue weighted by molar-refractivity contribution is 7.89. The van der Waals surface area contributed by atoms with Crippen molar-refractivity contribution < 1.29 is 13.2 Å². The first-order valence-electron chi connectivity index (χ1n) is 6.48. The second-order valence-corrected chi connectivity index (χ2v) is 6.57. The Balaban J connectivity index is 2.03. The lowest BCUT2D eigenvalue weighted by Gasteiger charge is -2.13. The van der Waals surface area contributed by atoms with Crippen LogP contribution >= 0.6 is 0 Å². The maximum atomic E-state index is 12.1. The van der Waals surface area contributed by atoms with Crippen molar-refractivity contribution in [3.63, 3.8) is 0 Å². The van der Waals surface area contributed by atoms with Crippen LogP contribution in [0.25, 0.3) is 0 Å². The van der Waals surface area contributed by atoms with E-state index >= 15 is 0 Å². The van der Waals surface area contributed by atoms with Crippen LogP contribution in [0.2, 0.25) is 0 Å². The smallest absolute Gasteiger partial charge is 0.240 e. The lowest BCUT2D eigenvalue weighted by atomic mass is 10.2. The Labute approximate surface area is 114 Å². The van der Waals surface area contributed by atoms with Gasteiger partial charge in [-0.2, -0.15) is 0 Å². The van der Waals surface area contributed by atoms with E-state index in [1.165, 1.54) is 0 Å². The minimum atomic E-state index is -3.43. The molecule has 0 saturated heterocycles. The van der Waals surface area contributed by atoms with Crippen molar-refractivity contribution in [1.29, 1.82) is 0 Å². The lowest BCUT2D eigenvalue weighted by Crippen LogP contribution is -2.33. The SMILES string of the molecule is CC(NS(=O)(=O)c1ccc(OCCN)cc1)C1CC1. The molecule has 5 nitrogen and oxygen atoms in total. The molecule has 3 N–H and O–H groups in total. The van der Waals surface area contributed by atoms with Gasteiger partial charge in [-0.15, -0.1) is 0 Å². The minimum absolute atomic E-state index is 0.00170. The monoisotopic (exact) mass is 284 g/mol. The molecule has 1 aromatic rings. The maximum Gasteiger partial charge on any atom is 0.240 e. The van der Waals surface area contributed by atoms with Gasteiger partial charge < -0.3 is 10.5 Å². The topological polar surface area (TPSA) is 81.4 Å². The normalized spacial score (nSPS) is 17.2. The largest absolute Gasteiger partial charge is 0.492 e. The van der Waals surface area contributed by atoms with Crippen LogP contribution in [0, 0.1) is 5.92 Å². The third-order valence-electron chi connectivity index (χ3n) is 3.19. The van der Waals surface area contributed by atoms with Gasteiger partial charge in [0.05, 0.1) is 4.90 Å². The molecule has 1 aliphatic rings. The number of nitrogens with two attached hydrogens (primary N) is 1. The molecular formula is C13H20N2O3S. The Kier molecular flexibility index (Phi) is 4.44. The third kappa shape index (κ3) is 3.92. The summed E-state index contributed by atoms with van der Waals surface area (Å²) < 4.78 is 32.3. The van der Waals surface area contributed by atoms with Crippen molar-refractivity contribution in [2.45, 2.75) is 30.7 Å². The number of benzene rings is 1. The van der Waals surface area contributed by atoms with E-state index in [0.717, 1.165) is 12.8 Å². The van der Waals surface area contributed by atoms with Crippen LogP contribution in [0.4, 0.5) is 0 Å². The summed E-state index contributed by atoms with van der Waals surface area (Å²) in [6.45, 7) is 2.76. The third-order valence-corrected chi connectivity index (χ3v) is 4.77. The molecule has 19 heavy (non-hydrogen) atoms. The van der Waals surface area contributed by atoms with E-state index in [4.69, 9.17) is 10.5 Å². The molecule has 1 unspecified atom stereocenters. The first-order valence-corrected chi connectivity index (χ1v) is 7.96. The quantitative estimate of drug-likeness (QED) is 0.785. The van der Waals surface area contributed by atoms with E-state index in [9.17, 15) is 8.42 Å². The Hall–Kier alpha value is -1.11. The van der Waals surface area contributed by atoms with Gasteiger partial charge in [0.15, 0.2) is 0 Å². The summed E-state index contributed by atoms with van der Waals surface area (Å²) in [4.78, 5) is 0.264. The summed E-state index contributed by atoms with van der Waals surface area (Å²) in [7, 11) is -3.43. The number of rotatable bonds is 7. The van der Waals surface area contributed by atoms with Crippen LogP contribution in [0.5, 0.6) is 5.75 Å². The zero-order chi connectivity index (χ0) is 13.9. The molecule has 1 aromatic carbocycles. The first-order chi connectivity index (χ1) is 9.03. The molecule has 0 radical (unpaired) electrons. The van der Waals surface area contributed by atoms with Gasteiger partial charge in [-0.05, 0) is 49.9 Å². The van der Waals surface area contributed by atoms with Gasteiger partial charge in [0.2, 0.25) is 10.0 Å². The second kappa shape index (κ2) is 5.90. The molecule has 1 fully saturated rings. The van der Waals surface area contributed by atoms with Crippen molar-refractivity contribution in [3.05, 3.63) is 24.3 Å². The van der Waals surface area contributed by atoms with Crippen LogP contribution in [-0.4, -0.2) is 27.6 Å². The average Bonchev–Trinajstić information content (AvgIpc) is 3.20. The van der Waals surface area contributed by atoms with Crippen LogP contribution in [-0.2, 0) is 10.0 Å². The lowest BCUT2D eigenvalue weighted by molar-refractivity contribution is 0.328. The van der Waals surface area contributed by atoms with Crippen molar-refractivity contribution in [1.82, 2.24) is 4.72 Å². The van der Waals surface area contributed by atoms with E-state index in [1.54, 1.807) is 24.3 Å². The molecule has 0 aromatic heterocycles. The zero-order valence-corrected chi connectivity index (χ0v) is 11.8. The number of hydrogen-bond donors (Lipinski definition) is 2. The summed E-state index contributed by atoms with van der Waals surface area (Å²) >= 11 is 0. The van der Waals surface area contributed by atoms with Gasteiger partial charge >= 0.3 is 0 Å². The molecule has 2 rings (SSSR count). The summed E-state index contributed by atoms with van der Waals surface area (Å²) in [6.07, 6.45) is 2.21. The van der Waals surface area contributed by atoms with Crippen molar-refractivity contribution in [2.24, 2.45) is 11.7 Å².